The van der Waals surface area contributed by atoms with Gasteiger partial charge in [-0.1, -0.05) is 18.6 Å². The van der Waals surface area contributed by atoms with Gasteiger partial charge in [-0.3, -0.25) is 4.79 Å². The molecule has 2 saturated carbocycles. The Kier molecular flexibility index (Phi) is 3.24. The maximum Gasteiger partial charge on any atom is 0.220 e. The van der Waals surface area contributed by atoms with Gasteiger partial charge in [-0.05, 0) is 75.0 Å². The second kappa shape index (κ2) is 4.83. The van der Waals surface area contributed by atoms with Crippen molar-refractivity contribution in [3.63, 3.8) is 0 Å². The molecular formula is C19H29NO2. The van der Waals surface area contributed by atoms with Crippen molar-refractivity contribution in [1.29, 1.82) is 0 Å². The highest BCUT2D eigenvalue weighted by molar-refractivity contribution is 5.77. The van der Waals surface area contributed by atoms with Crippen LogP contribution in [0.5, 0.6) is 0 Å². The summed E-state index contributed by atoms with van der Waals surface area (Å²) in [4.78, 5) is 11.9. The molecule has 22 heavy (non-hydrogen) atoms. The van der Waals surface area contributed by atoms with Gasteiger partial charge in [0, 0.05) is 12.0 Å². The van der Waals surface area contributed by atoms with Gasteiger partial charge in [0.2, 0.25) is 5.91 Å². The van der Waals surface area contributed by atoms with Crippen molar-refractivity contribution in [2.75, 3.05) is 0 Å². The fourth-order valence-electron chi connectivity index (χ4n) is 6.32. The Labute approximate surface area is 133 Å². The topological polar surface area (TPSA) is 49.3 Å². The van der Waals surface area contributed by atoms with Crippen LogP contribution in [-0.2, 0) is 4.79 Å². The molecule has 2 N–H and O–H groups in total. The number of hydrogen-bond acceptors (Lipinski definition) is 2. The van der Waals surface area contributed by atoms with Gasteiger partial charge >= 0.3 is 0 Å². The number of fused-ring (bicyclic) bond motifs is 5. The second-order valence-electron chi connectivity index (χ2n) is 8.70. The average Bonchev–Trinajstić information content (AvgIpc) is 2.46. The lowest BCUT2D eigenvalue weighted by atomic mass is 9.48. The summed E-state index contributed by atoms with van der Waals surface area (Å²) in [5, 5.41) is 13.3. The molecule has 0 unspecified atom stereocenters. The van der Waals surface area contributed by atoms with Crippen LogP contribution >= 0.6 is 0 Å². The minimum absolute atomic E-state index is 0.0202. The van der Waals surface area contributed by atoms with Crippen LogP contribution < -0.4 is 5.32 Å². The lowest BCUT2D eigenvalue weighted by Gasteiger charge is -2.59. The normalized spacial score (nSPS) is 51.0. The molecule has 0 aromatic heterocycles. The van der Waals surface area contributed by atoms with Crippen molar-refractivity contribution in [2.45, 2.75) is 76.9 Å². The number of carbonyl (C=O) groups is 1. The van der Waals surface area contributed by atoms with Crippen LogP contribution in [-0.4, -0.2) is 22.7 Å². The minimum Gasteiger partial charge on any atom is -0.393 e. The zero-order valence-corrected chi connectivity index (χ0v) is 13.9. The molecule has 3 heteroatoms. The van der Waals surface area contributed by atoms with Crippen molar-refractivity contribution < 1.29 is 9.90 Å². The first-order chi connectivity index (χ1) is 10.4. The van der Waals surface area contributed by atoms with Gasteiger partial charge in [0.15, 0.2) is 0 Å². The van der Waals surface area contributed by atoms with E-state index < -0.39 is 0 Å². The molecule has 6 atom stereocenters. The van der Waals surface area contributed by atoms with Crippen LogP contribution in [0.15, 0.2) is 11.6 Å². The van der Waals surface area contributed by atoms with Crippen LogP contribution in [0.2, 0.25) is 0 Å². The lowest BCUT2D eigenvalue weighted by Crippen LogP contribution is -2.62. The predicted molar refractivity (Wildman–Crippen MR) is 86.2 cm³/mol. The molecule has 3 aliphatic carbocycles. The quantitative estimate of drug-likeness (QED) is 0.675. The lowest BCUT2D eigenvalue weighted by molar-refractivity contribution is -0.131. The van der Waals surface area contributed by atoms with Crippen molar-refractivity contribution in [1.82, 2.24) is 5.32 Å². The molecule has 4 rings (SSSR count). The molecule has 3 fully saturated rings. The van der Waals surface area contributed by atoms with Crippen molar-refractivity contribution >= 4 is 5.91 Å². The van der Waals surface area contributed by atoms with E-state index in [1.807, 2.05) is 0 Å². The van der Waals surface area contributed by atoms with Gasteiger partial charge < -0.3 is 10.4 Å². The SMILES string of the molecule is C[C@]12CC[C@H](O)CC1=CC[C@@H]1[C@@H]2CC[C@]2(C)NC(=O)CC[C@@H]12. The fraction of sp³-hybridized carbons (Fsp3) is 0.842. The average molecular weight is 303 g/mol. The molecule has 0 bridgehead atoms. The number of piperidine rings is 1. The van der Waals surface area contributed by atoms with Crippen molar-refractivity contribution in [2.24, 2.45) is 23.2 Å². The Morgan fingerprint density at radius 1 is 1.18 bits per heavy atom. The predicted octanol–water partition coefficient (Wildman–Crippen LogP) is 3.18. The summed E-state index contributed by atoms with van der Waals surface area (Å²) in [5.74, 6) is 2.33. The van der Waals surface area contributed by atoms with Crippen LogP contribution in [0, 0.1) is 23.2 Å². The summed E-state index contributed by atoms with van der Waals surface area (Å²) in [6.45, 7) is 4.72. The summed E-state index contributed by atoms with van der Waals surface area (Å²) in [5.41, 5.74) is 1.84. The van der Waals surface area contributed by atoms with Crippen molar-refractivity contribution in [3.8, 4) is 0 Å². The number of allylic oxidation sites excluding steroid dienone is 1. The van der Waals surface area contributed by atoms with E-state index in [0.717, 1.165) is 44.4 Å². The van der Waals surface area contributed by atoms with E-state index in [9.17, 15) is 9.90 Å². The Morgan fingerprint density at radius 2 is 2.00 bits per heavy atom. The third kappa shape index (κ3) is 2.01. The Hall–Kier alpha value is -0.830. The van der Waals surface area contributed by atoms with E-state index in [-0.39, 0.29) is 17.6 Å². The van der Waals surface area contributed by atoms with E-state index in [1.165, 1.54) is 12.0 Å². The van der Waals surface area contributed by atoms with Gasteiger partial charge in [0.1, 0.15) is 0 Å². The first-order valence-electron chi connectivity index (χ1n) is 9.11. The molecule has 0 radical (unpaired) electrons. The summed E-state index contributed by atoms with van der Waals surface area (Å²) in [6.07, 6.45) is 10.6. The first kappa shape index (κ1) is 14.7. The number of nitrogens with one attached hydrogen (secondary N) is 1. The van der Waals surface area contributed by atoms with Gasteiger partial charge in [0.25, 0.3) is 0 Å². The van der Waals surface area contributed by atoms with Gasteiger partial charge in [-0.2, -0.15) is 0 Å². The standard InChI is InChI=1S/C19H29NO2/c1-18-9-7-13(21)11-12(18)3-4-14-15(18)8-10-19(2)16(14)5-6-17(22)20-19/h3,13-16,21H,4-11H2,1-2H3,(H,20,22)/t13-,14+,15-,16-,18-,19-/m0/s1. The van der Waals surface area contributed by atoms with Gasteiger partial charge in [0.05, 0.1) is 6.10 Å². The number of carbonyl (C=O) groups excluding carboxylic acids is 1. The summed E-state index contributed by atoms with van der Waals surface area (Å²) in [7, 11) is 0. The molecule has 122 valence electrons. The number of rotatable bonds is 0. The second-order valence-corrected chi connectivity index (χ2v) is 8.70. The summed E-state index contributed by atoms with van der Waals surface area (Å²) in [6, 6.07) is 0. The molecule has 1 amide bonds. The number of amides is 1. The first-order valence-corrected chi connectivity index (χ1v) is 9.11. The highest BCUT2D eigenvalue weighted by Crippen LogP contribution is 2.60. The number of hydrogen-bond donors (Lipinski definition) is 2. The third-order valence-electron chi connectivity index (χ3n) is 7.57. The van der Waals surface area contributed by atoms with Crippen molar-refractivity contribution in [3.05, 3.63) is 11.6 Å². The molecule has 0 aromatic rings. The van der Waals surface area contributed by atoms with Crippen LogP contribution in [0.3, 0.4) is 0 Å². The monoisotopic (exact) mass is 303 g/mol. The van der Waals surface area contributed by atoms with E-state index in [1.54, 1.807) is 0 Å². The Bertz CT molecular complexity index is 528. The fourth-order valence-corrected chi connectivity index (χ4v) is 6.32. The zero-order chi connectivity index (χ0) is 15.5. The van der Waals surface area contributed by atoms with Gasteiger partial charge in [-0.25, -0.2) is 0 Å². The highest BCUT2D eigenvalue weighted by atomic mass is 16.3. The minimum atomic E-state index is -0.126. The maximum atomic E-state index is 11.9. The Balaban J connectivity index is 1.66. The van der Waals surface area contributed by atoms with E-state index >= 15 is 0 Å². The molecule has 1 saturated heterocycles. The summed E-state index contributed by atoms with van der Waals surface area (Å²) < 4.78 is 0. The molecule has 1 heterocycles. The molecule has 4 aliphatic rings. The molecule has 0 aromatic carbocycles. The van der Waals surface area contributed by atoms with Crippen LogP contribution in [0.4, 0.5) is 0 Å². The number of aliphatic hydroxyl groups is 1. The van der Waals surface area contributed by atoms with Gasteiger partial charge in [-0.15, -0.1) is 0 Å². The van der Waals surface area contributed by atoms with E-state index in [0.29, 0.717) is 23.7 Å². The molecule has 3 nitrogen and oxygen atoms in total. The number of aliphatic hydroxyl groups excluding tert-OH is 1. The largest absolute Gasteiger partial charge is 0.393 e. The van der Waals surface area contributed by atoms with E-state index in [2.05, 4.69) is 25.2 Å². The Morgan fingerprint density at radius 3 is 2.82 bits per heavy atom. The molecular weight excluding hydrogens is 274 g/mol. The highest BCUT2D eigenvalue weighted by Gasteiger charge is 2.55. The molecule has 0 spiro atoms. The smallest absolute Gasteiger partial charge is 0.220 e. The molecule has 1 aliphatic heterocycles. The zero-order valence-electron chi connectivity index (χ0n) is 13.9. The maximum absolute atomic E-state index is 11.9. The van der Waals surface area contributed by atoms with Crippen LogP contribution in [0.1, 0.15) is 65.2 Å². The van der Waals surface area contributed by atoms with Crippen LogP contribution in [0.25, 0.3) is 0 Å². The third-order valence-corrected chi connectivity index (χ3v) is 7.57. The van der Waals surface area contributed by atoms with E-state index in [4.69, 9.17) is 0 Å². The summed E-state index contributed by atoms with van der Waals surface area (Å²) >= 11 is 0.